The molecule has 0 aliphatic rings. The third kappa shape index (κ3) is 3.27. The van der Waals surface area contributed by atoms with E-state index in [1.165, 1.54) is 23.5 Å². The summed E-state index contributed by atoms with van der Waals surface area (Å²) in [6, 6.07) is 6.55. The number of hydrogen-bond acceptors (Lipinski definition) is 4. The minimum atomic E-state index is -3.73. The van der Waals surface area contributed by atoms with E-state index in [4.69, 9.17) is 28.9 Å². The largest absolute Gasteiger partial charge is 0.396 e. The van der Waals surface area contributed by atoms with Crippen molar-refractivity contribution in [2.75, 3.05) is 5.73 Å². The first-order chi connectivity index (χ1) is 9.31. The molecule has 20 heavy (non-hydrogen) atoms. The molecular weight excluding hydrogens is 339 g/mol. The van der Waals surface area contributed by atoms with Gasteiger partial charge in [0.25, 0.3) is 0 Å². The Balaban J connectivity index is 2.25. The monoisotopic (exact) mass is 350 g/mol. The molecule has 0 atom stereocenters. The molecule has 2 rings (SSSR count). The van der Waals surface area contributed by atoms with Crippen LogP contribution in [0.15, 0.2) is 29.2 Å². The van der Waals surface area contributed by atoms with E-state index < -0.39 is 10.0 Å². The molecule has 0 bridgehead atoms. The van der Waals surface area contributed by atoms with Gasteiger partial charge >= 0.3 is 0 Å². The van der Waals surface area contributed by atoms with E-state index >= 15 is 0 Å². The van der Waals surface area contributed by atoms with Gasteiger partial charge in [0.15, 0.2) is 0 Å². The third-order valence-corrected chi connectivity index (χ3v) is 5.91. The lowest BCUT2D eigenvalue weighted by Crippen LogP contribution is -2.23. The highest BCUT2D eigenvalue weighted by Gasteiger charge is 2.20. The topological polar surface area (TPSA) is 72.2 Å². The van der Waals surface area contributed by atoms with Crippen molar-refractivity contribution in [3.05, 3.63) is 44.1 Å². The Morgan fingerprint density at radius 3 is 2.55 bits per heavy atom. The molecule has 0 saturated heterocycles. The van der Waals surface area contributed by atoms with Gasteiger partial charge in [-0.1, -0.05) is 23.2 Å². The molecule has 108 valence electrons. The number of thiophene rings is 1. The number of nitrogen functional groups attached to an aromatic ring is 1. The van der Waals surface area contributed by atoms with E-state index in [2.05, 4.69) is 4.72 Å². The SMILES string of the molecule is Cc1ccc(CNS(=O)(=O)c2ccc(Cl)c(N)c2Cl)s1. The number of rotatable bonds is 4. The highest BCUT2D eigenvalue weighted by Crippen LogP contribution is 2.33. The first kappa shape index (κ1) is 15.6. The standard InChI is InChI=1S/C12H12Cl2N2O2S2/c1-7-2-3-8(19-7)6-16-20(17,18)10-5-4-9(13)12(15)11(10)14/h2-5,16H,6,15H2,1H3. The Labute approximate surface area is 131 Å². The van der Waals surface area contributed by atoms with E-state index in [9.17, 15) is 8.42 Å². The van der Waals surface area contributed by atoms with Crippen LogP contribution >= 0.6 is 34.5 Å². The number of nitrogens with two attached hydrogens (primary N) is 1. The second-order valence-electron chi connectivity index (χ2n) is 4.11. The maximum atomic E-state index is 12.2. The average Bonchev–Trinajstić information content (AvgIpc) is 2.79. The summed E-state index contributed by atoms with van der Waals surface area (Å²) in [6.45, 7) is 2.17. The maximum Gasteiger partial charge on any atom is 0.242 e. The maximum absolute atomic E-state index is 12.2. The number of benzene rings is 1. The zero-order chi connectivity index (χ0) is 14.9. The minimum Gasteiger partial charge on any atom is -0.396 e. The average molecular weight is 351 g/mol. The second-order valence-corrected chi connectivity index (χ2v) is 8.00. The van der Waals surface area contributed by atoms with Crippen LogP contribution in [0.25, 0.3) is 0 Å². The summed E-state index contributed by atoms with van der Waals surface area (Å²) in [6.07, 6.45) is 0. The molecule has 0 amide bonds. The summed E-state index contributed by atoms with van der Waals surface area (Å²) < 4.78 is 26.9. The minimum absolute atomic E-state index is 0.0585. The molecule has 0 radical (unpaired) electrons. The number of sulfonamides is 1. The highest BCUT2D eigenvalue weighted by molar-refractivity contribution is 7.89. The van der Waals surface area contributed by atoms with Gasteiger partial charge in [-0.25, -0.2) is 13.1 Å². The van der Waals surface area contributed by atoms with Crippen LogP contribution in [0.2, 0.25) is 10.0 Å². The van der Waals surface area contributed by atoms with Gasteiger partial charge < -0.3 is 5.73 Å². The lowest BCUT2D eigenvalue weighted by molar-refractivity contribution is 0.582. The van der Waals surface area contributed by atoms with Gasteiger partial charge in [-0.2, -0.15) is 0 Å². The van der Waals surface area contributed by atoms with Crippen LogP contribution in [-0.2, 0) is 16.6 Å². The van der Waals surface area contributed by atoms with E-state index in [1.54, 1.807) is 0 Å². The molecule has 4 nitrogen and oxygen atoms in total. The lowest BCUT2D eigenvalue weighted by Gasteiger charge is -2.10. The molecule has 0 aliphatic carbocycles. The molecule has 3 N–H and O–H groups in total. The summed E-state index contributed by atoms with van der Waals surface area (Å²) in [5.74, 6) is 0. The van der Waals surface area contributed by atoms with Crippen LogP contribution in [0.5, 0.6) is 0 Å². The summed E-state index contributed by atoms with van der Waals surface area (Å²) in [4.78, 5) is 1.96. The number of nitrogens with one attached hydrogen (secondary N) is 1. The van der Waals surface area contributed by atoms with Crippen molar-refractivity contribution in [1.82, 2.24) is 4.72 Å². The van der Waals surface area contributed by atoms with Crippen molar-refractivity contribution in [2.45, 2.75) is 18.4 Å². The highest BCUT2D eigenvalue weighted by atomic mass is 35.5. The fourth-order valence-corrected chi connectivity index (χ4v) is 4.27. The van der Waals surface area contributed by atoms with E-state index in [0.29, 0.717) is 0 Å². The number of aryl methyl sites for hydroxylation is 1. The van der Waals surface area contributed by atoms with Crippen LogP contribution in [0.4, 0.5) is 5.69 Å². The van der Waals surface area contributed by atoms with Crippen molar-refractivity contribution < 1.29 is 8.42 Å². The zero-order valence-electron chi connectivity index (χ0n) is 10.5. The Morgan fingerprint density at radius 2 is 1.95 bits per heavy atom. The smallest absolute Gasteiger partial charge is 0.242 e. The predicted molar refractivity (Wildman–Crippen MR) is 84.0 cm³/mol. The Kier molecular flexibility index (Phi) is 4.61. The Morgan fingerprint density at radius 1 is 1.25 bits per heavy atom. The van der Waals surface area contributed by atoms with Crippen molar-refractivity contribution in [1.29, 1.82) is 0 Å². The van der Waals surface area contributed by atoms with Crippen molar-refractivity contribution in [3.63, 3.8) is 0 Å². The fraction of sp³-hybridized carbons (Fsp3) is 0.167. The van der Waals surface area contributed by atoms with Gasteiger partial charge in [0.1, 0.15) is 4.90 Å². The molecule has 2 aromatic rings. The van der Waals surface area contributed by atoms with Crippen LogP contribution < -0.4 is 10.5 Å². The van der Waals surface area contributed by atoms with Crippen LogP contribution in [0.3, 0.4) is 0 Å². The molecule has 1 aromatic heterocycles. The molecule has 1 aromatic carbocycles. The number of anilines is 1. The molecule has 0 spiro atoms. The molecule has 0 unspecified atom stereocenters. The van der Waals surface area contributed by atoms with Crippen LogP contribution in [0, 0.1) is 6.92 Å². The van der Waals surface area contributed by atoms with Crippen LogP contribution in [0.1, 0.15) is 9.75 Å². The van der Waals surface area contributed by atoms with Crippen molar-refractivity contribution in [2.24, 2.45) is 0 Å². The molecular formula is C12H12Cl2N2O2S2. The number of halogens is 2. The zero-order valence-corrected chi connectivity index (χ0v) is 13.6. The van der Waals surface area contributed by atoms with Gasteiger partial charge in [0.2, 0.25) is 10.0 Å². The quantitative estimate of drug-likeness (QED) is 0.829. The predicted octanol–water partition coefficient (Wildman–Crippen LogP) is 3.42. The summed E-state index contributed by atoms with van der Waals surface area (Å²) in [5, 5.41) is 0.162. The molecule has 8 heteroatoms. The second kappa shape index (κ2) is 5.91. The van der Waals surface area contributed by atoms with Crippen molar-refractivity contribution >= 4 is 50.2 Å². The summed E-state index contributed by atoms with van der Waals surface area (Å²) in [5.41, 5.74) is 5.69. The third-order valence-electron chi connectivity index (χ3n) is 2.61. The van der Waals surface area contributed by atoms with Gasteiger partial charge in [-0.05, 0) is 31.2 Å². The van der Waals surface area contributed by atoms with Gasteiger partial charge in [0.05, 0.1) is 15.7 Å². The number of hydrogen-bond donors (Lipinski definition) is 2. The van der Waals surface area contributed by atoms with E-state index in [0.717, 1.165) is 9.75 Å². The first-order valence-electron chi connectivity index (χ1n) is 5.59. The van der Waals surface area contributed by atoms with Gasteiger partial charge in [-0.3, -0.25) is 0 Å². The van der Waals surface area contributed by atoms with Gasteiger partial charge in [-0.15, -0.1) is 11.3 Å². The molecule has 0 fully saturated rings. The molecule has 0 saturated carbocycles. The lowest BCUT2D eigenvalue weighted by atomic mass is 10.3. The van der Waals surface area contributed by atoms with E-state index in [-0.39, 0.29) is 27.2 Å². The molecule has 1 heterocycles. The first-order valence-corrected chi connectivity index (χ1v) is 8.65. The fourth-order valence-electron chi connectivity index (χ4n) is 1.58. The summed E-state index contributed by atoms with van der Waals surface area (Å²) in [7, 11) is -3.73. The Bertz CT molecular complexity index is 742. The Hall–Kier alpha value is -0.790. The normalized spacial score (nSPS) is 11.8. The van der Waals surface area contributed by atoms with Gasteiger partial charge in [0, 0.05) is 16.3 Å². The summed E-state index contributed by atoms with van der Waals surface area (Å²) >= 11 is 13.3. The van der Waals surface area contributed by atoms with Crippen molar-refractivity contribution in [3.8, 4) is 0 Å². The van der Waals surface area contributed by atoms with E-state index in [1.807, 2.05) is 19.1 Å². The molecule has 0 aliphatic heterocycles. The van der Waals surface area contributed by atoms with Crippen LogP contribution in [-0.4, -0.2) is 8.42 Å².